The van der Waals surface area contributed by atoms with Gasteiger partial charge in [0.1, 0.15) is 13.2 Å². The molecule has 0 radical (unpaired) electrons. The fourth-order valence-corrected chi connectivity index (χ4v) is 10.2. The van der Waals surface area contributed by atoms with Gasteiger partial charge in [0.15, 0.2) is 6.10 Å². The van der Waals surface area contributed by atoms with Gasteiger partial charge in [-0.15, -0.1) is 0 Å². The highest BCUT2D eigenvalue weighted by atomic mass is 16.6. The summed E-state index contributed by atoms with van der Waals surface area (Å²) in [6.07, 6.45) is 76.7. The standard InChI is InChI=1S/C68H128O6/c1-4-7-10-13-16-18-20-22-24-26-27-28-29-30-31-32-33-34-35-36-37-38-39-40-41-42-44-45-47-49-52-55-58-61-67(70)73-64-65(63-72-66(69)60-57-54-51-15-12-9-6-3)74-68(71)62-59-56-53-50-48-46-43-25-23-21-19-17-14-11-8-5-2/h19,21,25,43,65H,4-18,20,22-24,26-42,44-64H2,1-3H3/b21-19-,43-25-. The molecule has 0 aliphatic heterocycles. The van der Waals surface area contributed by atoms with Crippen LogP contribution < -0.4 is 0 Å². The van der Waals surface area contributed by atoms with Crippen molar-refractivity contribution >= 4 is 17.9 Å². The monoisotopic (exact) mass is 1040 g/mol. The minimum Gasteiger partial charge on any atom is -0.462 e. The van der Waals surface area contributed by atoms with Crippen molar-refractivity contribution in [3.8, 4) is 0 Å². The van der Waals surface area contributed by atoms with Crippen LogP contribution in [0.2, 0.25) is 0 Å². The molecule has 0 spiro atoms. The second-order valence-corrected chi connectivity index (χ2v) is 22.7. The smallest absolute Gasteiger partial charge is 0.306 e. The first-order valence-corrected chi connectivity index (χ1v) is 33.3. The van der Waals surface area contributed by atoms with Crippen molar-refractivity contribution in [1.29, 1.82) is 0 Å². The van der Waals surface area contributed by atoms with Crippen molar-refractivity contribution in [1.82, 2.24) is 0 Å². The lowest BCUT2D eigenvalue weighted by atomic mass is 10.0. The summed E-state index contributed by atoms with van der Waals surface area (Å²) in [5.41, 5.74) is 0. The molecule has 74 heavy (non-hydrogen) atoms. The second-order valence-electron chi connectivity index (χ2n) is 22.7. The number of hydrogen-bond acceptors (Lipinski definition) is 6. The summed E-state index contributed by atoms with van der Waals surface area (Å²) >= 11 is 0. The average Bonchev–Trinajstić information content (AvgIpc) is 3.40. The Balaban J connectivity index is 3.94. The Labute approximate surface area is 462 Å². The van der Waals surface area contributed by atoms with Gasteiger partial charge in [0.2, 0.25) is 0 Å². The van der Waals surface area contributed by atoms with E-state index in [0.717, 1.165) is 77.0 Å². The third-order valence-corrected chi connectivity index (χ3v) is 15.2. The summed E-state index contributed by atoms with van der Waals surface area (Å²) in [5.74, 6) is -0.871. The van der Waals surface area contributed by atoms with Crippen LogP contribution in [0, 0.1) is 0 Å². The lowest BCUT2D eigenvalue weighted by molar-refractivity contribution is -0.167. The van der Waals surface area contributed by atoms with Gasteiger partial charge in [0.25, 0.3) is 0 Å². The van der Waals surface area contributed by atoms with E-state index >= 15 is 0 Å². The Morgan fingerprint density at radius 1 is 0.270 bits per heavy atom. The van der Waals surface area contributed by atoms with Gasteiger partial charge in [-0.3, -0.25) is 14.4 Å². The molecule has 0 aromatic rings. The lowest BCUT2D eigenvalue weighted by Gasteiger charge is -2.18. The minimum atomic E-state index is -0.773. The first kappa shape index (κ1) is 71.9. The Kier molecular flexibility index (Phi) is 61.6. The molecule has 0 N–H and O–H groups in total. The zero-order valence-corrected chi connectivity index (χ0v) is 50.1. The highest BCUT2D eigenvalue weighted by molar-refractivity contribution is 5.71. The van der Waals surface area contributed by atoms with Crippen LogP contribution in [0.25, 0.3) is 0 Å². The van der Waals surface area contributed by atoms with Crippen LogP contribution in [-0.4, -0.2) is 37.2 Å². The number of ether oxygens (including phenoxy) is 3. The zero-order chi connectivity index (χ0) is 53.6. The summed E-state index contributed by atoms with van der Waals surface area (Å²) in [4.78, 5) is 38.0. The fourth-order valence-electron chi connectivity index (χ4n) is 10.2. The summed E-state index contributed by atoms with van der Waals surface area (Å²) in [6.45, 7) is 6.63. The number of rotatable bonds is 62. The molecule has 0 aliphatic rings. The second kappa shape index (κ2) is 63.4. The number of carbonyl (C=O) groups is 3. The van der Waals surface area contributed by atoms with E-state index in [1.807, 2.05) is 0 Å². The third kappa shape index (κ3) is 60.8. The van der Waals surface area contributed by atoms with Gasteiger partial charge in [0, 0.05) is 19.3 Å². The van der Waals surface area contributed by atoms with Crippen molar-refractivity contribution in [2.24, 2.45) is 0 Å². The maximum Gasteiger partial charge on any atom is 0.306 e. The van der Waals surface area contributed by atoms with E-state index in [2.05, 4.69) is 45.1 Å². The molecule has 0 aromatic heterocycles. The van der Waals surface area contributed by atoms with Crippen LogP contribution in [0.1, 0.15) is 374 Å². The normalized spacial score (nSPS) is 12.1. The summed E-state index contributed by atoms with van der Waals surface area (Å²) in [7, 11) is 0. The lowest BCUT2D eigenvalue weighted by Crippen LogP contribution is -2.30. The van der Waals surface area contributed by atoms with Crippen molar-refractivity contribution in [2.75, 3.05) is 13.2 Å². The van der Waals surface area contributed by atoms with Crippen molar-refractivity contribution in [3.05, 3.63) is 24.3 Å². The van der Waals surface area contributed by atoms with Gasteiger partial charge < -0.3 is 14.2 Å². The van der Waals surface area contributed by atoms with E-state index in [4.69, 9.17) is 14.2 Å². The number of hydrogen-bond donors (Lipinski definition) is 0. The number of esters is 3. The van der Waals surface area contributed by atoms with E-state index in [1.165, 1.54) is 257 Å². The fraction of sp³-hybridized carbons (Fsp3) is 0.897. The summed E-state index contributed by atoms with van der Waals surface area (Å²) in [5, 5.41) is 0. The highest BCUT2D eigenvalue weighted by Crippen LogP contribution is 2.18. The first-order chi connectivity index (χ1) is 36.5. The van der Waals surface area contributed by atoms with Crippen LogP contribution in [0.5, 0.6) is 0 Å². The van der Waals surface area contributed by atoms with Crippen LogP contribution in [0.3, 0.4) is 0 Å². The number of unbranched alkanes of at least 4 members (excludes halogenated alkanes) is 47. The van der Waals surface area contributed by atoms with Crippen LogP contribution in [0.15, 0.2) is 24.3 Å². The predicted molar refractivity (Wildman–Crippen MR) is 321 cm³/mol. The molecule has 0 amide bonds. The Hall–Kier alpha value is -2.11. The Morgan fingerprint density at radius 2 is 0.486 bits per heavy atom. The van der Waals surface area contributed by atoms with Crippen LogP contribution >= 0.6 is 0 Å². The highest BCUT2D eigenvalue weighted by Gasteiger charge is 2.19. The van der Waals surface area contributed by atoms with Crippen molar-refractivity contribution in [3.63, 3.8) is 0 Å². The molecule has 0 aromatic carbocycles. The molecule has 0 aliphatic carbocycles. The molecule has 0 heterocycles. The molecular formula is C68H128O6. The SMILES string of the molecule is CCCCCC/C=C\C/C=C\CCCCCCCC(=O)OC(COC(=O)CCCCCCCCC)COC(=O)CCCCCCCCCCCCCCCCCCCCCCCCCCCCCCCCCCC. The predicted octanol–water partition coefficient (Wildman–Crippen LogP) is 22.6. The molecular weight excluding hydrogens is 913 g/mol. The molecule has 436 valence electrons. The van der Waals surface area contributed by atoms with Crippen molar-refractivity contribution < 1.29 is 28.6 Å². The molecule has 6 heteroatoms. The Morgan fingerprint density at radius 3 is 0.757 bits per heavy atom. The van der Waals surface area contributed by atoms with E-state index in [9.17, 15) is 14.4 Å². The van der Waals surface area contributed by atoms with E-state index in [1.54, 1.807) is 0 Å². The minimum absolute atomic E-state index is 0.0722. The van der Waals surface area contributed by atoms with Gasteiger partial charge in [-0.2, -0.15) is 0 Å². The third-order valence-electron chi connectivity index (χ3n) is 15.2. The van der Waals surface area contributed by atoms with Gasteiger partial charge in [-0.05, 0) is 51.4 Å². The summed E-state index contributed by atoms with van der Waals surface area (Å²) < 4.78 is 16.8. The van der Waals surface area contributed by atoms with Crippen LogP contribution in [0.4, 0.5) is 0 Å². The van der Waals surface area contributed by atoms with Crippen LogP contribution in [-0.2, 0) is 28.6 Å². The quantitative estimate of drug-likeness (QED) is 0.0261. The molecule has 1 unspecified atom stereocenters. The molecule has 1 atom stereocenters. The zero-order valence-electron chi connectivity index (χ0n) is 50.1. The molecule has 6 nitrogen and oxygen atoms in total. The van der Waals surface area contributed by atoms with E-state index in [-0.39, 0.29) is 31.1 Å². The van der Waals surface area contributed by atoms with Gasteiger partial charge in [-0.25, -0.2) is 0 Å². The molecule has 0 rings (SSSR count). The molecule has 0 saturated heterocycles. The van der Waals surface area contributed by atoms with Gasteiger partial charge in [-0.1, -0.05) is 328 Å². The topological polar surface area (TPSA) is 78.9 Å². The Bertz CT molecular complexity index is 1190. The van der Waals surface area contributed by atoms with Gasteiger partial charge in [0.05, 0.1) is 0 Å². The largest absolute Gasteiger partial charge is 0.462 e. The number of carbonyl (C=O) groups excluding carboxylic acids is 3. The van der Waals surface area contributed by atoms with E-state index in [0.29, 0.717) is 19.3 Å². The molecule has 0 bridgehead atoms. The summed E-state index contributed by atoms with van der Waals surface area (Å²) in [6, 6.07) is 0. The van der Waals surface area contributed by atoms with Gasteiger partial charge >= 0.3 is 17.9 Å². The van der Waals surface area contributed by atoms with E-state index < -0.39 is 6.10 Å². The van der Waals surface area contributed by atoms with Crippen molar-refractivity contribution in [2.45, 2.75) is 380 Å². The average molecular weight is 1040 g/mol. The number of allylic oxidation sites excluding steroid dienone is 4. The first-order valence-electron chi connectivity index (χ1n) is 33.3. The maximum absolute atomic E-state index is 12.8. The molecule has 0 fully saturated rings. The maximum atomic E-state index is 12.8. The molecule has 0 saturated carbocycles.